The molecule has 2 amide bonds. The number of hydrogen-bond donors (Lipinski definition) is 1. The summed E-state index contributed by atoms with van der Waals surface area (Å²) in [4.78, 5) is 25.6. The highest BCUT2D eigenvalue weighted by Crippen LogP contribution is 2.30. The monoisotopic (exact) mass is 348 g/mol. The number of hydrogen-bond acceptors (Lipinski definition) is 3. The minimum atomic E-state index is -4.43. The maximum absolute atomic E-state index is 12.8. The van der Waals surface area contributed by atoms with Crippen molar-refractivity contribution in [1.82, 2.24) is 4.90 Å². The first-order valence-electron chi connectivity index (χ1n) is 7.64. The molecular formula is C18H15F3N2O2. The summed E-state index contributed by atoms with van der Waals surface area (Å²) in [5.74, 6) is -0.861. The van der Waals surface area contributed by atoms with Crippen molar-refractivity contribution in [3.8, 4) is 0 Å². The molecule has 2 aromatic carbocycles. The van der Waals surface area contributed by atoms with E-state index in [4.69, 9.17) is 5.73 Å². The molecule has 4 nitrogen and oxygen atoms in total. The Bertz CT molecular complexity index is 798. The number of rotatable bonds is 4. The van der Waals surface area contributed by atoms with Crippen LogP contribution in [0.3, 0.4) is 0 Å². The molecule has 0 aromatic heterocycles. The van der Waals surface area contributed by atoms with E-state index in [1.165, 1.54) is 12.1 Å². The van der Waals surface area contributed by atoms with Gasteiger partial charge in [-0.1, -0.05) is 30.3 Å². The van der Waals surface area contributed by atoms with Crippen molar-refractivity contribution in [3.63, 3.8) is 0 Å². The summed E-state index contributed by atoms with van der Waals surface area (Å²) in [5, 5.41) is 0. The van der Waals surface area contributed by atoms with Crippen molar-refractivity contribution >= 4 is 11.8 Å². The Morgan fingerprint density at radius 2 is 1.56 bits per heavy atom. The van der Waals surface area contributed by atoms with E-state index < -0.39 is 29.6 Å². The minimum absolute atomic E-state index is 0.0530. The van der Waals surface area contributed by atoms with Gasteiger partial charge in [0.15, 0.2) is 0 Å². The van der Waals surface area contributed by atoms with E-state index in [9.17, 15) is 22.8 Å². The zero-order valence-corrected chi connectivity index (χ0v) is 13.1. The summed E-state index contributed by atoms with van der Waals surface area (Å²) in [6.07, 6.45) is -4.31. The highest BCUT2D eigenvalue weighted by Gasteiger charge is 2.36. The Hall–Kier alpha value is -2.67. The molecule has 0 radical (unpaired) electrons. The van der Waals surface area contributed by atoms with Gasteiger partial charge in [0.25, 0.3) is 11.8 Å². The van der Waals surface area contributed by atoms with Gasteiger partial charge in [0.05, 0.1) is 16.7 Å². The maximum Gasteiger partial charge on any atom is 0.416 e. The molecule has 0 spiro atoms. The summed E-state index contributed by atoms with van der Waals surface area (Å²) in [5.41, 5.74) is 6.26. The van der Waals surface area contributed by atoms with Gasteiger partial charge in [0, 0.05) is 12.6 Å². The summed E-state index contributed by atoms with van der Waals surface area (Å²) in [7, 11) is 0. The molecule has 0 saturated heterocycles. The number of amides is 2. The Balaban J connectivity index is 1.71. The van der Waals surface area contributed by atoms with Crippen LogP contribution in [0.25, 0.3) is 0 Å². The van der Waals surface area contributed by atoms with Gasteiger partial charge in [0.2, 0.25) is 0 Å². The second-order valence-electron chi connectivity index (χ2n) is 5.93. The molecule has 1 aliphatic rings. The van der Waals surface area contributed by atoms with E-state index in [0.717, 1.165) is 17.0 Å². The molecular weight excluding hydrogens is 333 g/mol. The van der Waals surface area contributed by atoms with Crippen molar-refractivity contribution in [2.75, 3.05) is 6.54 Å². The zero-order chi connectivity index (χ0) is 18.2. The summed E-state index contributed by atoms with van der Waals surface area (Å²) in [6, 6.07) is 10.7. The van der Waals surface area contributed by atoms with Crippen LogP contribution in [0.1, 0.15) is 31.8 Å². The third-order valence-electron chi connectivity index (χ3n) is 4.05. The number of fused-ring (bicyclic) bond motifs is 1. The maximum atomic E-state index is 12.8. The summed E-state index contributed by atoms with van der Waals surface area (Å²) >= 11 is 0. The molecule has 1 atom stereocenters. The Morgan fingerprint density at radius 3 is 2.12 bits per heavy atom. The Labute approximate surface area is 142 Å². The molecule has 0 saturated carbocycles. The van der Waals surface area contributed by atoms with Crippen molar-refractivity contribution in [2.45, 2.75) is 18.6 Å². The van der Waals surface area contributed by atoms with E-state index in [1.54, 1.807) is 24.3 Å². The number of carbonyl (C=O) groups is 2. The lowest BCUT2D eigenvalue weighted by Crippen LogP contribution is -2.41. The smallest absolute Gasteiger partial charge is 0.326 e. The van der Waals surface area contributed by atoms with Gasteiger partial charge in [-0.2, -0.15) is 13.2 Å². The topological polar surface area (TPSA) is 63.4 Å². The molecule has 0 unspecified atom stereocenters. The van der Waals surface area contributed by atoms with Crippen LogP contribution < -0.4 is 5.73 Å². The average Bonchev–Trinajstić information content (AvgIpc) is 2.80. The Morgan fingerprint density at radius 1 is 0.960 bits per heavy atom. The molecule has 2 N–H and O–H groups in total. The van der Waals surface area contributed by atoms with Gasteiger partial charge in [-0.3, -0.25) is 14.5 Å². The fourth-order valence-electron chi connectivity index (χ4n) is 2.88. The summed E-state index contributed by atoms with van der Waals surface area (Å²) < 4.78 is 38.3. The highest BCUT2D eigenvalue weighted by atomic mass is 19.4. The molecule has 3 rings (SSSR count). The molecule has 1 aliphatic heterocycles. The van der Waals surface area contributed by atoms with Crippen LogP contribution in [0, 0.1) is 0 Å². The predicted octanol–water partition coefficient (Wildman–Crippen LogP) is 2.87. The molecule has 0 fully saturated rings. The van der Waals surface area contributed by atoms with E-state index in [2.05, 4.69) is 0 Å². The van der Waals surface area contributed by atoms with Crippen LogP contribution in [-0.2, 0) is 12.6 Å². The number of nitrogens with zero attached hydrogens (tertiary/aromatic N) is 1. The van der Waals surface area contributed by atoms with Crippen LogP contribution in [0.15, 0.2) is 48.5 Å². The van der Waals surface area contributed by atoms with Gasteiger partial charge >= 0.3 is 6.18 Å². The number of nitrogens with two attached hydrogens (primary N) is 1. The first kappa shape index (κ1) is 17.2. The lowest BCUT2D eigenvalue weighted by Gasteiger charge is -2.19. The second-order valence-corrected chi connectivity index (χ2v) is 5.93. The van der Waals surface area contributed by atoms with Gasteiger partial charge in [0.1, 0.15) is 0 Å². The average molecular weight is 348 g/mol. The third-order valence-corrected chi connectivity index (χ3v) is 4.05. The van der Waals surface area contributed by atoms with E-state index in [1.807, 2.05) is 0 Å². The molecule has 1 heterocycles. The minimum Gasteiger partial charge on any atom is -0.326 e. The zero-order valence-electron chi connectivity index (χ0n) is 13.1. The number of carbonyl (C=O) groups excluding carboxylic acids is 2. The van der Waals surface area contributed by atoms with Gasteiger partial charge in [-0.15, -0.1) is 0 Å². The number of alkyl halides is 3. The predicted molar refractivity (Wildman–Crippen MR) is 84.9 cm³/mol. The second kappa shape index (κ2) is 6.33. The first-order chi connectivity index (χ1) is 11.8. The van der Waals surface area contributed by atoms with Crippen LogP contribution in [0.2, 0.25) is 0 Å². The molecule has 2 aromatic rings. The van der Waals surface area contributed by atoms with Gasteiger partial charge in [-0.25, -0.2) is 0 Å². The molecule has 25 heavy (non-hydrogen) atoms. The normalized spacial score (nSPS) is 15.4. The lowest BCUT2D eigenvalue weighted by atomic mass is 10.0. The van der Waals surface area contributed by atoms with E-state index >= 15 is 0 Å². The highest BCUT2D eigenvalue weighted by molar-refractivity contribution is 6.21. The van der Waals surface area contributed by atoms with Gasteiger partial charge < -0.3 is 5.73 Å². The summed E-state index contributed by atoms with van der Waals surface area (Å²) in [6.45, 7) is -0.0530. The fourth-order valence-corrected chi connectivity index (χ4v) is 2.88. The van der Waals surface area contributed by atoms with Crippen LogP contribution in [0.5, 0.6) is 0 Å². The molecule has 0 aliphatic carbocycles. The molecule has 130 valence electrons. The van der Waals surface area contributed by atoms with Crippen molar-refractivity contribution in [1.29, 1.82) is 0 Å². The van der Waals surface area contributed by atoms with Crippen molar-refractivity contribution in [2.24, 2.45) is 5.73 Å². The van der Waals surface area contributed by atoms with E-state index in [0.29, 0.717) is 16.7 Å². The lowest BCUT2D eigenvalue weighted by molar-refractivity contribution is -0.137. The largest absolute Gasteiger partial charge is 0.416 e. The van der Waals surface area contributed by atoms with Crippen molar-refractivity contribution in [3.05, 3.63) is 70.8 Å². The standard InChI is InChI=1S/C18H15F3N2O2/c19-18(20,21)12-5-3-4-11(8-12)9-13(22)10-23-16(24)14-6-1-2-7-15(14)17(23)25/h1-8,13H,9-10,22H2/t13-/m1/s1. The number of halogens is 3. The van der Waals surface area contributed by atoms with E-state index in [-0.39, 0.29) is 13.0 Å². The number of benzene rings is 2. The fraction of sp³-hybridized carbons (Fsp3) is 0.222. The van der Waals surface area contributed by atoms with Crippen LogP contribution >= 0.6 is 0 Å². The first-order valence-corrected chi connectivity index (χ1v) is 7.64. The van der Waals surface area contributed by atoms with Gasteiger partial charge in [-0.05, 0) is 30.2 Å². The van der Waals surface area contributed by atoms with Crippen LogP contribution in [-0.4, -0.2) is 29.3 Å². The third kappa shape index (κ3) is 3.41. The number of imide groups is 1. The molecule has 0 bridgehead atoms. The SMILES string of the molecule is N[C@H](Cc1cccc(C(F)(F)F)c1)CN1C(=O)c2ccccc2C1=O. The van der Waals surface area contributed by atoms with Crippen molar-refractivity contribution < 1.29 is 22.8 Å². The van der Waals surface area contributed by atoms with Crippen LogP contribution in [0.4, 0.5) is 13.2 Å². The quantitative estimate of drug-likeness (QED) is 0.864. The Kier molecular flexibility index (Phi) is 4.34. The molecule has 7 heteroatoms.